The van der Waals surface area contributed by atoms with Gasteiger partial charge in [-0.1, -0.05) is 19.9 Å². The molecule has 0 radical (unpaired) electrons. The molecule has 88 valence electrons. The van der Waals surface area contributed by atoms with Crippen molar-refractivity contribution in [1.29, 1.82) is 0 Å². The first kappa shape index (κ1) is 11.7. The van der Waals surface area contributed by atoms with Crippen molar-refractivity contribution in [3.05, 3.63) is 44.6 Å². The van der Waals surface area contributed by atoms with Gasteiger partial charge in [0.25, 0.3) is 0 Å². The third-order valence-corrected chi connectivity index (χ3v) is 3.31. The van der Waals surface area contributed by atoms with Gasteiger partial charge in [-0.3, -0.25) is 4.79 Å². The van der Waals surface area contributed by atoms with E-state index in [1.54, 1.807) is 4.57 Å². The van der Waals surface area contributed by atoms with E-state index in [1.165, 1.54) is 0 Å². The fourth-order valence-electron chi connectivity index (χ4n) is 1.58. The Bertz CT molecular complexity index is 599. The number of thiazole rings is 1. The highest BCUT2D eigenvalue weighted by Crippen LogP contribution is 2.12. The standard InChI is InChI=1S/C12H12N2O2S/c1-8(2)9-4-3-5-14(6-9)11-10(7-15)17-12(16)13-11/h3-8H,1-2H3/p+1. The van der Waals surface area contributed by atoms with Crippen molar-refractivity contribution in [3.63, 3.8) is 0 Å². The Morgan fingerprint density at radius 1 is 1.47 bits per heavy atom. The summed E-state index contributed by atoms with van der Waals surface area (Å²) in [4.78, 5) is 25.0. The third kappa shape index (κ3) is 2.34. The molecule has 0 aromatic carbocycles. The number of hydrogen-bond donors (Lipinski definition) is 1. The number of aromatic amines is 1. The Morgan fingerprint density at radius 2 is 2.24 bits per heavy atom. The molecule has 0 saturated heterocycles. The minimum absolute atomic E-state index is 0.218. The van der Waals surface area contributed by atoms with Crippen LogP contribution in [0.25, 0.3) is 5.82 Å². The molecule has 0 aliphatic carbocycles. The molecule has 2 heterocycles. The Morgan fingerprint density at radius 3 is 2.88 bits per heavy atom. The van der Waals surface area contributed by atoms with Gasteiger partial charge in [0.05, 0.1) is 12.4 Å². The van der Waals surface area contributed by atoms with E-state index in [4.69, 9.17) is 0 Å². The first-order valence-electron chi connectivity index (χ1n) is 5.31. The minimum Gasteiger partial charge on any atom is -0.297 e. The highest BCUT2D eigenvalue weighted by atomic mass is 32.1. The molecule has 1 N–H and O–H groups in total. The van der Waals surface area contributed by atoms with E-state index in [9.17, 15) is 9.59 Å². The van der Waals surface area contributed by atoms with E-state index in [0.29, 0.717) is 22.9 Å². The average molecular weight is 249 g/mol. The number of pyridine rings is 1. The molecular formula is C12H13N2O2S+. The lowest BCUT2D eigenvalue weighted by Crippen LogP contribution is -2.32. The van der Waals surface area contributed by atoms with Crippen molar-refractivity contribution in [3.8, 4) is 5.82 Å². The zero-order chi connectivity index (χ0) is 12.4. The van der Waals surface area contributed by atoms with Crippen LogP contribution in [0.1, 0.15) is 35.0 Å². The van der Waals surface area contributed by atoms with Gasteiger partial charge in [0.2, 0.25) is 0 Å². The lowest BCUT2D eigenvalue weighted by Gasteiger charge is -2.04. The molecule has 0 atom stereocenters. The van der Waals surface area contributed by atoms with Crippen molar-refractivity contribution >= 4 is 17.6 Å². The molecule has 0 saturated carbocycles. The number of carbonyl (C=O) groups excluding carboxylic acids is 1. The van der Waals surface area contributed by atoms with Gasteiger partial charge in [0, 0.05) is 0 Å². The summed E-state index contributed by atoms with van der Waals surface area (Å²) in [6.07, 6.45) is 4.44. The Balaban J connectivity index is 2.56. The molecule has 0 aliphatic heterocycles. The molecule has 2 aromatic heterocycles. The first-order chi connectivity index (χ1) is 8.11. The fourth-order valence-corrected chi connectivity index (χ4v) is 2.23. The van der Waals surface area contributed by atoms with Crippen LogP contribution >= 0.6 is 11.3 Å². The zero-order valence-electron chi connectivity index (χ0n) is 9.64. The van der Waals surface area contributed by atoms with Gasteiger partial charge < -0.3 is 0 Å². The largest absolute Gasteiger partial charge is 0.390 e. The van der Waals surface area contributed by atoms with Gasteiger partial charge in [0.1, 0.15) is 0 Å². The number of aromatic nitrogens is 2. The molecule has 0 amide bonds. The van der Waals surface area contributed by atoms with Gasteiger partial charge in [0.15, 0.2) is 11.2 Å². The summed E-state index contributed by atoms with van der Waals surface area (Å²) in [7, 11) is 0. The van der Waals surface area contributed by atoms with Crippen LogP contribution in [-0.4, -0.2) is 11.3 Å². The summed E-state index contributed by atoms with van der Waals surface area (Å²) < 4.78 is 1.77. The molecule has 4 nitrogen and oxygen atoms in total. The molecule has 17 heavy (non-hydrogen) atoms. The second-order valence-electron chi connectivity index (χ2n) is 4.04. The highest BCUT2D eigenvalue weighted by molar-refractivity contribution is 7.11. The minimum atomic E-state index is -0.218. The number of H-pyrrole nitrogens is 1. The predicted molar refractivity (Wildman–Crippen MR) is 65.9 cm³/mol. The van der Waals surface area contributed by atoms with Crippen LogP contribution in [-0.2, 0) is 0 Å². The van der Waals surface area contributed by atoms with E-state index in [2.05, 4.69) is 18.8 Å². The normalized spacial score (nSPS) is 10.8. The molecule has 0 fully saturated rings. The highest BCUT2D eigenvalue weighted by Gasteiger charge is 2.17. The number of hydrogen-bond acceptors (Lipinski definition) is 3. The molecule has 5 heteroatoms. The average Bonchev–Trinajstić information content (AvgIpc) is 2.70. The summed E-state index contributed by atoms with van der Waals surface area (Å²) in [5.74, 6) is 0.935. The Hall–Kier alpha value is -1.75. The van der Waals surface area contributed by atoms with E-state index in [-0.39, 0.29) is 4.87 Å². The topological polar surface area (TPSA) is 53.8 Å². The van der Waals surface area contributed by atoms with E-state index >= 15 is 0 Å². The number of rotatable bonds is 3. The first-order valence-corrected chi connectivity index (χ1v) is 6.13. The molecule has 0 spiro atoms. The van der Waals surface area contributed by atoms with Gasteiger partial charge in [-0.2, -0.15) is 4.98 Å². The predicted octanol–water partition coefficient (Wildman–Crippen LogP) is 1.65. The number of aldehydes is 1. The molecular weight excluding hydrogens is 236 g/mol. The third-order valence-electron chi connectivity index (χ3n) is 2.51. The number of nitrogens with zero attached hydrogens (tertiary/aromatic N) is 1. The maximum absolute atomic E-state index is 11.3. The molecule has 2 aromatic rings. The van der Waals surface area contributed by atoms with Crippen molar-refractivity contribution < 1.29 is 9.36 Å². The Labute approximate surface area is 103 Å². The summed E-state index contributed by atoms with van der Waals surface area (Å²) in [5, 5.41) is 0. The van der Waals surface area contributed by atoms with Gasteiger partial charge in [-0.05, 0) is 28.9 Å². The second-order valence-corrected chi connectivity index (χ2v) is 5.06. The summed E-state index contributed by atoms with van der Waals surface area (Å²) in [5.41, 5.74) is 1.15. The van der Waals surface area contributed by atoms with E-state index in [1.807, 2.05) is 24.5 Å². The van der Waals surface area contributed by atoms with Crippen LogP contribution in [0.4, 0.5) is 0 Å². The SMILES string of the molecule is CC(C)c1ccc[n+](-c2[nH]c(=O)sc2C=O)c1. The maximum Gasteiger partial charge on any atom is 0.390 e. The fraction of sp³-hybridized carbons (Fsp3) is 0.250. The molecule has 0 bridgehead atoms. The molecule has 0 unspecified atom stereocenters. The zero-order valence-corrected chi connectivity index (χ0v) is 10.5. The van der Waals surface area contributed by atoms with Crippen LogP contribution in [0.2, 0.25) is 0 Å². The summed E-state index contributed by atoms with van der Waals surface area (Å²) in [6, 6.07) is 3.92. The van der Waals surface area contributed by atoms with Crippen LogP contribution in [0.15, 0.2) is 29.3 Å². The summed E-state index contributed by atoms with van der Waals surface area (Å²) >= 11 is 0.923. The van der Waals surface area contributed by atoms with Crippen LogP contribution in [0, 0.1) is 0 Å². The van der Waals surface area contributed by atoms with Crippen LogP contribution in [0.5, 0.6) is 0 Å². The lowest BCUT2D eigenvalue weighted by molar-refractivity contribution is -0.600. The molecule has 0 aliphatic rings. The van der Waals surface area contributed by atoms with Crippen molar-refractivity contribution in [2.75, 3.05) is 0 Å². The van der Waals surface area contributed by atoms with Crippen LogP contribution in [0.3, 0.4) is 0 Å². The summed E-state index contributed by atoms with van der Waals surface area (Å²) in [6.45, 7) is 4.19. The van der Waals surface area contributed by atoms with Gasteiger partial charge in [-0.25, -0.2) is 9.36 Å². The van der Waals surface area contributed by atoms with E-state index in [0.717, 1.165) is 16.9 Å². The van der Waals surface area contributed by atoms with Crippen molar-refractivity contribution in [1.82, 2.24) is 4.98 Å². The van der Waals surface area contributed by atoms with Crippen LogP contribution < -0.4 is 9.44 Å². The quantitative estimate of drug-likeness (QED) is 0.664. The smallest absolute Gasteiger partial charge is 0.297 e. The van der Waals surface area contributed by atoms with Gasteiger partial charge >= 0.3 is 10.7 Å². The lowest BCUT2D eigenvalue weighted by atomic mass is 10.1. The van der Waals surface area contributed by atoms with Crippen molar-refractivity contribution in [2.45, 2.75) is 19.8 Å². The number of carbonyl (C=O) groups is 1. The van der Waals surface area contributed by atoms with Crippen molar-refractivity contribution in [2.24, 2.45) is 0 Å². The Kier molecular flexibility index (Phi) is 3.19. The molecule has 2 rings (SSSR count). The second kappa shape index (κ2) is 4.63. The monoisotopic (exact) mass is 249 g/mol. The van der Waals surface area contributed by atoms with E-state index < -0.39 is 0 Å². The number of nitrogens with one attached hydrogen (secondary N) is 1. The maximum atomic E-state index is 11.3. The van der Waals surface area contributed by atoms with Gasteiger partial charge in [-0.15, -0.1) is 0 Å².